The van der Waals surface area contributed by atoms with Gasteiger partial charge in [-0.25, -0.2) is 17.5 Å². The van der Waals surface area contributed by atoms with E-state index in [4.69, 9.17) is 9.47 Å². The molecule has 1 aliphatic heterocycles. The largest absolute Gasteiger partial charge is 0.496 e. The maximum absolute atomic E-state index is 13.8. The predicted octanol–water partition coefficient (Wildman–Crippen LogP) is 3.17. The lowest BCUT2D eigenvalue weighted by Crippen LogP contribution is -2.44. The highest BCUT2D eigenvalue weighted by Gasteiger charge is 2.36. The molecule has 3 rings (SSSR count). The van der Waals surface area contributed by atoms with Gasteiger partial charge in [-0.05, 0) is 61.2 Å². The van der Waals surface area contributed by atoms with Crippen LogP contribution in [0.3, 0.4) is 0 Å². The molecule has 1 saturated heterocycles. The number of methoxy groups -OCH3 is 1. The second-order valence-electron chi connectivity index (χ2n) is 6.86. The van der Waals surface area contributed by atoms with Gasteiger partial charge in [-0.15, -0.1) is 0 Å². The van der Waals surface area contributed by atoms with Crippen LogP contribution in [-0.2, 0) is 20.2 Å². The molecular weight excluding hydrogens is 369 g/mol. The normalized spacial score (nSPS) is 16.9. The summed E-state index contributed by atoms with van der Waals surface area (Å²) in [6.07, 6.45) is 1.25. The van der Waals surface area contributed by atoms with E-state index >= 15 is 0 Å². The van der Waals surface area contributed by atoms with Gasteiger partial charge in [0.05, 0.1) is 12.0 Å². The molecule has 2 aromatic carbocycles. The number of hydrogen-bond acceptors (Lipinski definition) is 4. The number of sulfonamides is 1. The standard InChI is InChI=1S/C20H24FNO4S/c1-15-12-18(6-7-19(15)25-2)27(23,24)22-14-20(8-10-26-11-9-20)16-4-3-5-17(21)13-16/h3-7,12-13,22H,8-11,14H2,1-2H3. The lowest BCUT2D eigenvalue weighted by Gasteiger charge is -2.38. The van der Waals surface area contributed by atoms with E-state index in [1.165, 1.54) is 18.2 Å². The Morgan fingerprint density at radius 3 is 2.56 bits per heavy atom. The molecule has 27 heavy (non-hydrogen) atoms. The molecule has 0 spiro atoms. The third-order valence-corrected chi connectivity index (χ3v) is 6.56. The van der Waals surface area contributed by atoms with Crippen LogP contribution in [0.5, 0.6) is 5.75 Å². The van der Waals surface area contributed by atoms with E-state index in [1.807, 2.05) is 6.07 Å². The van der Waals surface area contributed by atoms with Crippen LogP contribution in [-0.4, -0.2) is 35.3 Å². The molecule has 0 atom stereocenters. The zero-order valence-electron chi connectivity index (χ0n) is 15.5. The number of hydrogen-bond donors (Lipinski definition) is 1. The molecule has 0 bridgehead atoms. The van der Waals surface area contributed by atoms with Crippen molar-refractivity contribution in [2.24, 2.45) is 0 Å². The average Bonchev–Trinajstić information content (AvgIpc) is 2.67. The summed E-state index contributed by atoms with van der Waals surface area (Å²) in [5, 5.41) is 0. The van der Waals surface area contributed by atoms with E-state index in [-0.39, 0.29) is 17.3 Å². The zero-order chi connectivity index (χ0) is 19.5. The number of aryl methyl sites for hydroxylation is 1. The van der Waals surface area contributed by atoms with Crippen molar-refractivity contribution in [2.45, 2.75) is 30.1 Å². The number of ether oxygens (including phenoxy) is 2. The topological polar surface area (TPSA) is 64.6 Å². The Balaban J connectivity index is 1.86. The van der Waals surface area contributed by atoms with Gasteiger partial charge in [0, 0.05) is 25.2 Å². The van der Waals surface area contributed by atoms with Crippen LogP contribution in [0.1, 0.15) is 24.0 Å². The maximum atomic E-state index is 13.8. The van der Waals surface area contributed by atoms with E-state index in [2.05, 4.69) is 4.72 Å². The molecule has 7 heteroatoms. The molecule has 1 heterocycles. The molecule has 1 N–H and O–H groups in total. The molecule has 1 fully saturated rings. The molecule has 0 aliphatic carbocycles. The number of halogens is 1. The van der Waals surface area contributed by atoms with Gasteiger partial charge in [-0.3, -0.25) is 0 Å². The first-order chi connectivity index (χ1) is 12.9. The van der Waals surface area contributed by atoms with Crippen LogP contribution in [0.2, 0.25) is 0 Å². The quantitative estimate of drug-likeness (QED) is 0.819. The SMILES string of the molecule is COc1ccc(S(=O)(=O)NCC2(c3cccc(F)c3)CCOCC2)cc1C. The first-order valence-corrected chi connectivity index (χ1v) is 10.3. The highest BCUT2D eigenvalue weighted by molar-refractivity contribution is 7.89. The molecule has 2 aromatic rings. The fourth-order valence-electron chi connectivity index (χ4n) is 3.48. The van der Waals surface area contributed by atoms with E-state index in [9.17, 15) is 12.8 Å². The maximum Gasteiger partial charge on any atom is 0.240 e. The molecule has 0 saturated carbocycles. The summed E-state index contributed by atoms with van der Waals surface area (Å²) in [6.45, 7) is 3.01. The summed E-state index contributed by atoms with van der Waals surface area (Å²) in [5.41, 5.74) is 1.04. The first kappa shape index (κ1) is 19.8. The zero-order valence-corrected chi connectivity index (χ0v) is 16.3. The molecule has 0 aromatic heterocycles. The summed E-state index contributed by atoms with van der Waals surface area (Å²) in [7, 11) is -2.16. The molecule has 5 nitrogen and oxygen atoms in total. The van der Waals surface area contributed by atoms with Crippen molar-refractivity contribution in [1.29, 1.82) is 0 Å². The number of nitrogens with one attached hydrogen (secondary N) is 1. The van der Waals surface area contributed by atoms with Crippen molar-refractivity contribution >= 4 is 10.0 Å². The number of rotatable bonds is 6. The van der Waals surface area contributed by atoms with Gasteiger partial charge in [0.1, 0.15) is 11.6 Å². The second kappa shape index (κ2) is 7.96. The molecule has 146 valence electrons. The van der Waals surface area contributed by atoms with Crippen molar-refractivity contribution in [3.63, 3.8) is 0 Å². The molecule has 0 unspecified atom stereocenters. The Labute approximate surface area is 159 Å². The summed E-state index contributed by atoms with van der Waals surface area (Å²) >= 11 is 0. The van der Waals surface area contributed by atoms with E-state index in [0.717, 1.165) is 11.1 Å². The van der Waals surface area contributed by atoms with Gasteiger partial charge in [-0.1, -0.05) is 12.1 Å². The Morgan fingerprint density at radius 2 is 1.93 bits per heavy atom. The summed E-state index contributed by atoms with van der Waals surface area (Å²) in [6, 6.07) is 11.1. The second-order valence-corrected chi connectivity index (χ2v) is 8.63. The van der Waals surface area contributed by atoms with Crippen molar-refractivity contribution in [2.75, 3.05) is 26.9 Å². The monoisotopic (exact) mass is 393 g/mol. The van der Waals surface area contributed by atoms with Crippen LogP contribution >= 0.6 is 0 Å². The van der Waals surface area contributed by atoms with Crippen molar-refractivity contribution in [1.82, 2.24) is 4.72 Å². The van der Waals surface area contributed by atoms with E-state index < -0.39 is 15.4 Å². The molecule has 0 radical (unpaired) electrons. The van der Waals surface area contributed by atoms with Gasteiger partial charge in [-0.2, -0.15) is 0 Å². The Bertz CT molecular complexity index is 908. The minimum atomic E-state index is -3.70. The van der Waals surface area contributed by atoms with Gasteiger partial charge in [0.15, 0.2) is 0 Å². The lowest BCUT2D eigenvalue weighted by atomic mass is 9.74. The third kappa shape index (κ3) is 4.31. The van der Waals surface area contributed by atoms with Crippen LogP contribution < -0.4 is 9.46 Å². The molecule has 1 aliphatic rings. The lowest BCUT2D eigenvalue weighted by molar-refractivity contribution is 0.0516. The third-order valence-electron chi connectivity index (χ3n) is 5.16. The fraction of sp³-hybridized carbons (Fsp3) is 0.400. The molecular formula is C20H24FNO4S. The van der Waals surface area contributed by atoms with Gasteiger partial charge >= 0.3 is 0 Å². The molecule has 0 amide bonds. The smallest absolute Gasteiger partial charge is 0.240 e. The predicted molar refractivity (Wildman–Crippen MR) is 101 cm³/mol. The Hall–Kier alpha value is -1.96. The summed E-state index contributed by atoms with van der Waals surface area (Å²) in [4.78, 5) is 0.183. The average molecular weight is 393 g/mol. The van der Waals surface area contributed by atoms with Crippen LogP contribution in [0, 0.1) is 12.7 Å². The van der Waals surface area contributed by atoms with Crippen molar-refractivity contribution < 1.29 is 22.3 Å². The van der Waals surface area contributed by atoms with Gasteiger partial charge < -0.3 is 9.47 Å². The van der Waals surface area contributed by atoms with E-state index in [1.54, 1.807) is 32.2 Å². The van der Waals surface area contributed by atoms with Crippen LogP contribution in [0.4, 0.5) is 4.39 Å². The summed E-state index contributed by atoms with van der Waals surface area (Å²) < 4.78 is 52.7. The highest BCUT2D eigenvalue weighted by atomic mass is 32.2. The van der Waals surface area contributed by atoms with Crippen molar-refractivity contribution in [3.8, 4) is 5.75 Å². The van der Waals surface area contributed by atoms with Crippen LogP contribution in [0.25, 0.3) is 0 Å². The van der Waals surface area contributed by atoms with Gasteiger partial charge in [0.2, 0.25) is 10.0 Å². The minimum absolute atomic E-state index is 0.183. The van der Waals surface area contributed by atoms with Crippen LogP contribution in [0.15, 0.2) is 47.4 Å². The number of benzene rings is 2. The minimum Gasteiger partial charge on any atom is -0.496 e. The van der Waals surface area contributed by atoms with E-state index in [0.29, 0.717) is 31.8 Å². The highest BCUT2D eigenvalue weighted by Crippen LogP contribution is 2.35. The fourth-order valence-corrected chi connectivity index (χ4v) is 4.69. The van der Waals surface area contributed by atoms with Crippen molar-refractivity contribution in [3.05, 3.63) is 59.4 Å². The Morgan fingerprint density at radius 1 is 1.19 bits per heavy atom. The Kier molecular flexibility index (Phi) is 5.83. The van der Waals surface area contributed by atoms with Gasteiger partial charge in [0.25, 0.3) is 0 Å². The summed E-state index contributed by atoms with van der Waals surface area (Å²) in [5.74, 6) is 0.307. The first-order valence-electron chi connectivity index (χ1n) is 8.84.